The molecule has 0 radical (unpaired) electrons. The molecule has 1 saturated heterocycles. The lowest BCUT2D eigenvalue weighted by Gasteiger charge is -2.22. The summed E-state index contributed by atoms with van der Waals surface area (Å²) in [6.07, 6.45) is 2.19. The molecule has 4 heteroatoms. The molecule has 1 aliphatic rings. The third kappa shape index (κ3) is 4.83. The van der Waals surface area contributed by atoms with Crippen molar-refractivity contribution in [2.45, 2.75) is 44.9 Å². The molecule has 15 heavy (non-hydrogen) atoms. The Morgan fingerprint density at radius 2 is 2.33 bits per heavy atom. The van der Waals surface area contributed by atoms with Crippen molar-refractivity contribution in [2.24, 2.45) is 0 Å². The normalized spacial score (nSPS) is 21.7. The molecule has 0 aromatic heterocycles. The van der Waals surface area contributed by atoms with Crippen LogP contribution in [0.25, 0.3) is 0 Å². The summed E-state index contributed by atoms with van der Waals surface area (Å²) in [4.78, 5) is 11.5. The summed E-state index contributed by atoms with van der Waals surface area (Å²) in [6.45, 7) is 9.86. The van der Waals surface area contributed by atoms with Gasteiger partial charge in [-0.05, 0) is 27.2 Å². The molecular weight excluding hydrogens is 194 g/mol. The van der Waals surface area contributed by atoms with E-state index in [2.05, 4.69) is 11.9 Å². The van der Waals surface area contributed by atoms with Crippen molar-refractivity contribution in [1.82, 2.24) is 5.32 Å². The lowest BCUT2D eigenvalue weighted by molar-refractivity contribution is 0.0496. The highest BCUT2D eigenvalue weighted by Crippen LogP contribution is 2.17. The van der Waals surface area contributed by atoms with Crippen molar-refractivity contribution in [3.8, 4) is 0 Å². The number of hydrogen-bond donors (Lipinski definition) is 1. The average Bonchev–Trinajstić information content (AvgIpc) is 2.81. The van der Waals surface area contributed by atoms with Crippen LogP contribution in [0.3, 0.4) is 0 Å². The number of amides is 1. The minimum Gasteiger partial charge on any atom is -0.444 e. The number of carbonyl (C=O) groups is 1. The third-order valence-electron chi connectivity index (χ3n) is 1.93. The van der Waals surface area contributed by atoms with Crippen LogP contribution in [0.4, 0.5) is 4.79 Å². The summed E-state index contributed by atoms with van der Waals surface area (Å²) in [6, 6.07) is -0.0163. The van der Waals surface area contributed by atoms with E-state index in [1.165, 1.54) is 0 Å². The van der Waals surface area contributed by atoms with E-state index >= 15 is 0 Å². The topological polar surface area (TPSA) is 50.9 Å². The van der Waals surface area contributed by atoms with Crippen molar-refractivity contribution in [3.63, 3.8) is 0 Å². The number of carbonyl (C=O) groups excluding carboxylic acids is 1. The van der Waals surface area contributed by atoms with Crippen LogP contribution in [-0.2, 0) is 9.47 Å². The Bertz CT molecular complexity index is 241. The number of epoxide rings is 1. The van der Waals surface area contributed by atoms with Crippen LogP contribution in [0, 0.1) is 0 Å². The molecular formula is C11H19NO3. The van der Waals surface area contributed by atoms with Gasteiger partial charge < -0.3 is 14.8 Å². The molecule has 1 heterocycles. The van der Waals surface area contributed by atoms with Gasteiger partial charge in [0, 0.05) is 0 Å². The summed E-state index contributed by atoms with van der Waals surface area (Å²) >= 11 is 0. The van der Waals surface area contributed by atoms with Crippen molar-refractivity contribution in [3.05, 3.63) is 12.7 Å². The van der Waals surface area contributed by atoms with Crippen LogP contribution < -0.4 is 5.32 Å². The lowest BCUT2D eigenvalue weighted by Crippen LogP contribution is -2.41. The predicted octanol–water partition coefficient (Wildman–Crippen LogP) is 1.85. The van der Waals surface area contributed by atoms with Gasteiger partial charge in [-0.2, -0.15) is 0 Å². The second-order valence-electron chi connectivity index (χ2n) is 4.65. The number of nitrogens with one attached hydrogen (secondary N) is 1. The number of hydrogen-bond acceptors (Lipinski definition) is 3. The first-order valence-corrected chi connectivity index (χ1v) is 5.14. The van der Waals surface area contributed by atoms with E-state index in [4.69, 9.17) is 9.47 Å². The van der Waals surface area contributed by atoms with Crippen LogP contribution >= 0.6 is 0 Å². The SMILES string of the molecule is C=CC[C@H](NC(=O)OC(C)(C)C)[C@H]1CO1. The van der Waals surface area contributed by atoms with Gasteiger partial charge in [-0.25, -0.2) is 4.79 Å². The summed E-state index contributed by atoms with van der Waals surface area (Å²) in [5.41, 5.74) is -0.465. The fourth-order valence-electron chi connectivity index (χ4n) is 1.23. The second kappa shape index (κ2) is 4.66. The van der Waals surface area contributed by atoms with Crippen LogP contribution in [0.15, 0.2) is 12.7 Å². The van der Waals surface area contributed by atoms with Gasteiger partial charge in [0.1, 0.15) is 11.7 Å². The van der Waals surface area contributed by atoms with E-state index in [1.54, 1.807) is 6.08 Å². The second-order valence-corrected chi connectivity index (χ2v) is 4.65. The monoisotopic (exact) mass is 213 g/mol. The first-order chi connectivity index (χ1) is 6.92. The number of rotatable bonds is 4. The maximum Gasteiger partial charge on any atom is 0.407 e. The Kier molecular flexibility index (Phi) is 3.74. The van der Waals surface area contributed by atoms with Crippen molar-refractivity contribution >= 4 is 6.09 Å². The first kappa shape index (κ1) is 12.0. The van der Waals surface area contributed by atoms with Gasteiger partial charge in [0.25, 0.3) is 0 Å². The summed E-state index contributed by atoms with van der Waals surface area (Å²) < 4.78 is 10.3. The molecule has 4 nitrogen and oxygen atoms in total. The van der Waals surface area contributed by atoms with Crippen LogP contribution in [-0.4, -0.2) is 30.4 Å². The van der Waals surface area contributed by atoms with Crippen molar-refractivity contribution < 1.29 is 14.3 Å². The molecule has 1 N–H and O–H groups in total. The van der Waals surface area contributed by atoms with Crippen LogP contribution in [0.2, 0.25) is 0 Å². The molecule has 86 valence electrons. The van der Waals surface area contributed by atoms with Crippen LogP contribution in [0.5, 0.6) is 0 Å². The van der Waals surface area contributed by atoms with E-state index < -0.39 is 11.7 Å². The zero-order chi connectivity index (χ0) is 11.5. The van der Waals surface area contributed by atoms with Gasteiger partial charge >= 0.3 is 6.09 Å². The smallest absolute Gasteiger partial charge is 0.407 e. The average molecular weight is 213 g/mol. The van der Waals surface area contributed by atoms with Gasteiger partial charge in [0.2, 0.25) is 0 Å². The van der Waals surface area contributed by atoms with Gasteiger partial charge in [-0.3, -0.25) is 0 Å². The maximum absolute atomic E-state index is 11.5. The standard InChI is InChI=1S/C11H19NO3/c1-5-6-8(9-7-14-9)12-10(13)15-11(2,3)4/h5,8-9H,1,6-7H2,2-4H3,(H,12,13)/t8-,9+/m0/s1. The first-order valence-electron chi connectivity index (χ1n) is 5.14. The van der Waals surface area contributed by atoms with E-state index in [-0.39, 0.29) is 12.1 Å². The highest BCUT2D eigenvalue weighted by atomic mass is 16.6. The van der Waals surface area contributed by atoms with Crippen molar-refractivity contribution in [2.75, 3.05) is 6.61 Å². The summed E-state index contributed by atoms with van der Waals surface area (Å²) in [5, 5.41) is 2.78. The van der Waals surface area contributed by atoms with E-state index in [0.717, 1.165) is 0 Å². The Morgan fingerprint density at radius 3 is 2.73 bits per heavy atom. The predicted molar refractivity (Wildman–Crippen MR) is 57.7 cm³/mol. The fourth-order valence-corrected chi connectivity index (χ4v) is 1.23. The molecule has 0 unspecified atom stereocenters. The molecule has 2 atom stereocenters. The molecule has 1 amide bonds. The Hall–Kier alpha value is -1.03. The highest BCUT2D eigenvalue weighted by molar-refractivity contribution is 5.68. The maximum atomic E-state index is 11.5. The summed E-state index contributed by atoms with van der Waals surface area (Å²) in [7, 11) is 0. The molecule has 0 spiro atoms. The van der Waals surface area contributed by atoms with E-state index in [9.17, 15) is 4.79 Å². The molecule has 1 rings (SSSR count). The summed E-state index contributed by atoms with van der Waals surface area (Å²) in [5.74, 6) is 0. The lowest BCUT2D eigenvalue weighted by atomic mass is 10.1. The van der Waals surface area contributed by atoms with Gasteiger partial charge in [-0.15, -0.1) is 6.58 Å². The largest absolute Gasteiger partial charge is 0.444 e. The highest BCUT2D eigenvalue weighted by Gasteiger charge is 2.33. The zero-order valence-electron chi connectivity index (χ0n) is 9.58. The molecule has 0 saturated carbocycles. The third-order valence-corrected chi connectivity index (χ3v) is 1.93. The van der Waals surface area contributed by atoms with Gasteiger partial charge in [0.05, 0.1) is 12.6 Å². The molecule has 1 aliphatic heterocycles. The Morgan fingerprint density at radius 1 is 1.73 bits per heavy atom. The zero-order valence-corrected chi connectivity index (χ0v) is 9.58. The molecule has 0 aromatic carbocycles. The minimum absolute atomic E-state index is 0.0163. The van der Waals surface area contributed by atoms with E-state index in [1.807, 2.05) is 20.8 Å². The molecule has 0 bridgehead atoms. The van der Waals surface area contributed by atoms with Crippen molar-refractivity contribution in [1.29, 1.82) is 0 Å². The molecule has 0 aliphatic carbocycles. The number of alkyl carbamates (subject to hydrolysis) is 1. The Labute approximate surface area is 90.6 Å². The quantitative estimate of drug-likeness (QED) is 0.572. The Balaban J connectivity index is 2.36. The number of ether oxygens (including phenoxy) is 2. The van der Waals surface area contributed by atoms with E-state index in [0.29, 0.717) is 13.0 Å². The molecule has 1 fully saturated rings. The van der Waals surface area contributed by atoms with Crippen LogP contribution in [0.1, 0.15) is 27.2 Å². The minimum atomic E-state index is -0.465. The van der Waals surface area contributed by atoms with Gasteiger partial charge in [-0.1, -0.05) is 6.08 Å². The molecule has 0 aromatic rings. The van der Waals surface area contributed by atoms with Gasteiger partial charge in [0.15, 0.2) is 0 Å². The fraction of sp³-hybridized carbons (Fsp3) is 0.727.